The molecule has 0 saturated carbocycles. The van der Waals surface area contributed by atoms with Gasteiger partial charge < -0.3 is 4.74 Å². The van der Waals surface area contributed by atoms with Crippen LogP contribution in [-0.2, 0) is 4.79 Å². The van der Waals surface area contributed by atoms with Gasteiger partial charge in [0.05, 0.1) is 5.69 Å². The van der Waals surface area contributed by atoms with Gasteiger partial charge in [-0.05, 0) is 31.5 Å². The van der Waals surface area contributed by atoms with Gasteiger partial charge in [-0.1, -0.05) is 12.6 Å². The number of aryl methyl sites for hydroxylation is 1. The fourth-order valence-corrected chi connectivity index (χ4v) is 1.68. The number of amides is 1. The Labute approximate surface area is 89.0 Å². The van der Waals surface area contributed by atoms with E-state index in [1.54, 1.807) is 4.90 Å². The third kappa shape index (κ3) is 1.61. The number of allylic oxidation sites excluding steroid dienone is 1. The molecule has 2 rings (SSSR count). The SMILES string of the molecule is C=C(C)N1C(=O)COc2ccc(C)cc21. The van der Waals surface area contributed by atoms with Crippen LogP contribution in [0.15, 0.2) is 30.5 Å². The van der Waals surface area contributed by atoms with Crippen LogP contribution in [0.4, 0.5) is 5.69 Å². The lowest BCUT2D eigenvalue weighted by molar-refractivity contribution is -0.120. The van der Waals surface area contributed by atoms with Gasteiger partial charge in [-0.15, -0.1) is 0 Å². The van der Waals surface area contributed by atoms with Crippen LogP contribution in [0.2, 0.25) is 0 Å². The third-order valence-corrected chi connectivity index (χ3v) is 2.34. The van der Waals surface area contributed by atoms with Crippen LogP contribution in [-0.4, -0.2) is 12.5 Å². The van der Waals surface area contributed by atoms with E-state index in [9.17, 15) is 4.79 Å². The summed E-state index contributed by atoms with van der Waals surface area (Å²) in [6.45, 7) is 7.69. The molecule has 0 bridgehead atoms. The fourth-order valence-electron chi connectivity index (χ4n) is 1.68. The average Bonchev–Trinajstić information content (AvgIpc) is 2.16. The van der Waals surface area contributed by atoms with Gasteiger partial charge in [0.1, 0.15) is 5.75 Å². The van der Waals surface area contributed by atoms with Crippen LogP contribution in [0.25, 0.3) is 0 Å². The van der Waals surface area contributed by atoms with Gasteiger partial charge in [0.15, 0.2) is 6.61 Å². The topological polar surface area (TPSA) is 29.5 Å². The van der Waals surface area contributed by atoms with Gasteiger partial charge >= 0.3 is 0 Å². The van der Waals surface area contributed by atoms with Gasteiger partial charge in [-0.25, -0.2) is 0 Å². The minimum absolute atomic E-state index is 0.0689. The van der Waals surface area contributed by atoms with Crippen LogP contribution < -0.4 is 9.64 Å². The maximum Gasteiger partial charge on any atom is 0.269 e. The Hall–Kier alpha value is -1.77. The number of benzene rings is 1. The standard InChI is InChI=1S/C12H13NO2/c1-8(2)13-10-6-9(3)4-5-11(10)15-7-12(13)14/h4-6H,1,7H2,2-3H3. The monoisotopic (exact) mass is 203 g/mol. The highest BCUT2D eigenvalue weighted by Gasteiger charge is 2.25. The van der Waals surface area contributed by atoms with Crippen molar-refractivity contribution in [3.63, 3.8) is 0 Å². The molecule has 15 heavy (non-hydrogen) atoms. The second kappa shape index (κ2) is 3.42. The number of carbonyl (C=O) groups is 1. The normalized spacial score (nSPS) is 14.5. The van der Waals surface area contributed by atoms with Crippen LogP contribution in [0, 0.1) is 6.92 Å². The summed E-state index contributed by atoms with van der Waals surface area (Å²) in [7, 11) is 0. The number of ether oxygens (including phenoxy) is 1. The number of hydrogen-bond donors (Lipinski definition) is 0. The summed E-state index contributed by atoms with van der Waals surface area (Å²) >= 11 is 0. The zero-order valence-corrected chi connectivity index (χ0v) is 8.91. The summed E-state index contributed by atoms with van der Waals surface area (Å²) in [4.78, 5) is 13.3. The number of nitrogens with zero attached hydrogens (tertiary/aromatic N) is 1. The molecule has 1 aliphatic rings. The van der Waals surface area contributed by atoms with E-state index in [0.717, 1.165) is 22.7 Å². The molecule has 0 aromatic heterocycles. The van der Waals surface area contributed by atoms with Gasteiger partial charge in [-0.2, -0.15) is 0 Å². The third-order valence-electron chi connectivity index (χ3n) is 2.34. The molecule has 0 aliphatic carbocycles. The first kappa shape index (κ1) is 9.77. The second-order valence-electron chi connectivity index (χ2n) is 3.72. The Morgan fingerprint density at radius 1 is 1.53 bits per heavy atom. The molecular formula is C12H13NO2. The Bertz CT molecular complexity index is 437. The van der Waals surface area contributed by atoms with Crippen molar-refractivity contribution in [3.8, 4) is 5.75 Å². The van der Waals surface area contributed by atoms with Crippen molar-refractivity contribution in [1.82, 2.24) is 0 Å². The van der Waals surface area contributed by atoms with Crippen molar-refractivity contribution in [2.24, 2.45) is 0 Å². The van der Waals surface area contributed by atoms with Crippen molar-refractivity contribution in [3.05, 3.63) is 36.0 Å². The quantitative estimate of drug-likeness (QED) is 0.700. The minimum atomic E-state index is -0.0689. The molecule has 0 spiro atoms. The summed E-state index contributed by atoms with van der Waals surface area (Å²) in [6, 6.07) is 5.78. The molecule has 78 valence electrons. The molecular weight excluding hydrogens is 190 g/mol. The Balaban J connectivity index is 2.55. The predicted molar refractivity (Wildman–Crippen MR) is 59.0 cm³/mol. The molecule has 1 aliphatic heterocycles. The van der Waals surface area contributed by atoms with Gasteiger partial charge in [0.2, 0.25) is 0 Å². The van der Waals surface area contributed by atoms with Crippen molar-refractivity contribution >= 4 is 11.6 Å². The van der Waals surface area contributed by atoms with E-state index < -0.39 is 0 Å². The van der Waals surface area contributed by atoms with E-state index in [4.69, 9.17) is 4.74 Å². The van der Waals surface area contributed by atoms with Crippen molar-refractivity contribution in [1.29, 1.82) is 0 Å². The molecule has 0 saturated heterocycles. The maximum atomic E-state index is 11.6. The number of anilines is 1. The van der Waals surface area contributed by atoms with E-state index in [2.05, 4.69) is 6.58 Å². The smallest absolute Gasteiger partial charge is 0.269 e. The Kier molecular flexibility index (Phi) is 2.23. The Morgan fingerprint density at radius 2 is 2.27 bits per heavy atom. The van der Waals surface area contributed by atoms with E-state index in [0.29, 0.717) is 0 Å². The van der Waals surface area contributed by atoms with Crippen LogP contribution in [0.1, 0.15) is 12.5 Å². The first-order valence-corrected chi connectivity index (χ1v) is 4.81. The zero-order valence-electron chi connectivity index (χ0n) is 8.91. The molecule has 1 aromatic rings. The molecule has 0 fully saturated rings. The molecule has 1 amide bonds. The lowest BCUT2D eigenvalue weighted by atomic mass is 10.1. The lowest BCUT2D eigenvalue weighted by Crippen LogP contribution is -2.37. The average molecular weight is 203 g/mol. The van der Waals surface area contributed by atoms with Crippen LogP contribution in [0.5, 0.6) is 5.75 Å². The van der Waals surface area contributed by atoms with Crippen LogP contribution in [0.3, 0.4) is 0 Å². The number of rotatable bonds is 1. The first-order valence-electron chi connectivity index (χ1n) is 4.81. The highest BCUT2D eigenvalue weighted by Crippen LogP contribution is 2.34. The number of hydrogen-bond acceptors (Lipinski definition) is 2. The predicted octanol–water partition coefficient (Wildman–Crippen LogP) is 2.25. The minimum Gasteiger partial charge on any atom is -0.482 e. The summed E-state index contributed by atoms with van der Waals surface area (Å²) in [5.41, 5.74) is 2.60. The molecule has 3 heteroatoms. The summed E-state index contributed by atoms with van der Waals surface area (Å²) in [5, 5.41) is 0. The molecule has 3 nitrogen and oxygen atoms in total. The van der Waals surface area contributed by atoms with Crippen LogP contribution >= 0.6 is 0 Å². The second-order valence-corrected chi connectivity index (χ2v) is 3.72. The molecule has 0 unspecified atom stereocenters. The van der Waals surface area contributed by atoms with Crippen molar-refractivity contribution < 1.29 is 9.53 Å². The maximum absolute atomic E-state index is 11.6. The highest BCUT2D eigenvalue weighted by molar-refractivity contribution is 6.00. The van der Waals surface area contributed by atoms with Gasteiger partial charge in [0, 0.05) is 5.70 Å². The highest BCUT2D eigenvalue weighted by atomic mass is 16.5. The van der Waals surface area contributed by atoms with E-state index >= 15 is 0 Å². The van der Waals surface area contributed by atoms with E-state index in [1.165, 1.54) is 0 Å². The van der Waals surface area contributed by atoms with Gasteiger partial charge in [-0.3, -0.25) is 9.69 Å². The van der Waals surface area contributed by atoms with E-state index in [1.807, 2.05) is 32.0 Å². The molecule has 0 N–H and O–H groups in total. The van der Waals surface area contributed by atoms with Crippen molar-refractivity contribution in [2.45, 2.75) is 13.8 Å². The summed E-state index contributed by atoms with van der Waals surface area (Å²) < 4.78 is 5.34. The lowest BCUT2D eigenvalue weighted by Gasteiger charge is -2.29. The summed E-state index contributed by atoms with van der Waals surface area (Å²) in [6.07, 6.45) is 0. The molecule has 0 radical (unpaired) electrons. The summed E-state index contributed by atoms with van der Waals surface area (Å²) in [5.74, 6) is 0.670. The Morgan fingerprint density at radius 3 is 2.93 bits per heavy atom. The molecule has 1 aromatic carbocycles. The first-order chi connectivity index (χ1) is 7.09. The largest absolute Gasteiger partial charge is 0.482 e. The zero-order chi connectivity index (χ0) is 11.0. The van der Waals surface area contributed by atoms with E-state index in [-0.39, 0.29) is 12.5 Å². The van der Waals surface area contributed by atoms with Crippen molar-refractivity contribution in [2.75, 3.05) is 11.5 Å². The number of fused-ring (bicyclic) bond motifs is 1. The molecule has 1 heterocycles. The molecule has 0 atom stereocenters. The van der Waals surface area contributed by atoms with Gasteiger partial charge in [0.25, 0.3) is 5.91 Å². The fraction of sp³-hybridized carbons (Fsp3) is 0.250. The number of carbonyl (C=O) groups excluding carboxylic acids is 1.